The third-order valence-corrected chi connectivity index (χ3v) is 5.49. The van der Waals surface area contributed by atoms with Gasteiger partial charge in [0.2, 0.25) is 5.91 Å². The van der Waals surface area contributed by atoms with Gasteiger partial charge in [-0.2, -0.15) is 5.10 Å². The van der Waals surface area contributed by atoms with Crippen molar-refractivity contribution in [1.82, 2.24) is 15.1 Å². The normalized spacial score (nSPS) is 17.0. The van der Waals surface area contributed by atoms with Gasteiger partial charge in [-0.3, -0.25) is 9.59 Å². The number of rotatable bonds is 3. The van der Waals surface area contributed by atoms with Crippen LogP contribution in [0.1, 0.15) is 36.8 Å². The second-order valence-corrected chi connectivity index (χ2v) is 8.78. The topological polar surface area (TPSA) is 75.2 Å². The van der Waals surface area contributed by atoms with Crippen LogP contribution in [0, 0.1) is 0 Å². The van der Waals surface area contributed by atoms with Crippen LogP contribution in [0.5, 0.6) is 0 Å². The quantitative estimate of drug-likeness (QED) is 0.846. The van der Waals surface area contributed by atoms with Crippen LogP contribution in [0.2, 0.25) is 5.02 Å². The number of hydrogen-bond donors (Lipinski definition) is 1. The molecule has 1 aromatic heterocycles. The molecule has 1 aliphatic rings. The summed E-state index contributed by atoms with van der Waals surface area (Å²) in [5.41, 5.74) is 1.24. The highest BCUT2D eigenvalue weighted by molar-refractivity contribution is 7.99. The third kappa shape index (κ3) is 4.59. The second-order valence-electron chi connectivity index (χ2n) is 7.34. The Morgan fingerprint density at radius 3 is 2.44 bits per heavy atom. The van der Waals surface area contributed by atoms with Gasteiger partial charge in [-0.25, -0.2) is 0 Å². The summed E-state index contributed by atoms with van der Waals surface area (Å²) in [5, 5.41) is 11.6. The third-order valence-electron chi connectivity index (χ3n) is 4.22. The number of amides is 2. The van der Waals surface area contributed by atoms with E-state index in [9.17, 15) is 9.59 Å². The first-order chi connectivity index (χ1) is 12.8. The van der Waals surface area contributed by atoms with E-state index in [1.807, 2.05) is 26.8 Å². The molecule has 1 saturated heterocycles. The van der Waals surface area contributed by atoms with E-state index < -0.39 is 6.04 Å². The number of halogens is 1. The number of nitrogens with one attached hydrogen (secondary N) is 1. The van der Waals surface area contributed by atoms with Gasteiger partial charge in [-0.1, -0.05) is 32.4 Å². The molecule has 27 heavy (non-hydrogen) atoms. The minimum absolute atomic E-state index is 0.112. The number of hydrogen-bond acceptors (Lipinski definition) is 5. The lowest BCUT2D eigenvalue weighted by Crippen LogP contribution is -2.44. The van der Waals surface area contributed by atoms with Crippen molar-refractivity contribution in [3.63, 3.8) is 0 Å². The van der Waals surface area contributed by atoms with E-state index in [0.717, 1.165) is 5.69 Å². The molecule has 0 spiro atoms. The summed E-state index contributed by atoms with van der Waals surface area (Å²) in [7, 11) is 0. The SMILES string of the molecule is CC(C)(C)c1ccc(NC(=O)C2CSCN2C(=O)c2ccc(Cl)cc2)nn1. The van der Waals surface area contributed by atoms with Crippen molar-refractivity contribution >= 4 is 41.0 Å². The molecule has 1 fully saturated rings. The van der Waals surface area contributed by atoms with Crippen LogP contribution >= 0.6 is 23.4 Å². The molecule has 2 amide bonds. The van der Waals surface area contributed by atoms with E-state index in [4.69, 9.17) is 11.6 Å². The molecule has 0 radical (unpaired) electrons. The van der Waals surface area contributed by atoms with Gasteiger partial charge in [0.05, 0.1) is 11.6 Å². The van der Waals surface area contributed by atoms with Crippen LogP contribution in [0.15, 0.2) is 36.4 Å². The number of aromatic nitrogens is 2. The van der Waals surface area contributed by atoms with E-state index in [1.54, 1.807) is 47.0 Å². The average Bonchev–Trinajstić information content (AvgIpc) is 3.11. The molecule has 6 nitrogen and oxygen atoms in total. The van der Waals surface area contributed by atoms with E-state index in [2.05, 4.69) is 15.5 Å². The largest absolute Gasteiger partial charge is 0.317 e. The summed E-state index contributed by atoms with van der Waals surface area (Å²) in [6, 6.07) is 9.70. The maximum Gasteiger partial charge on any atom is 0.255 e. The van der Waals surface area contributed by atoms with Crippen molar-refractivity contribution < 1.29 is 9.59 Å². The lowest BCUT2D eigenvalue weighted by molar-refractivity contribution is -0.119. The Bertz CT molecular complexity index is 834. The monoisotopic (exact) mass is 404 g/mol. The Morgan fingerprint density at radius 1 is 1.15 bits per heavy atom. The van der Waals surface area contributed by atoms with Crippen molar-refractivity contribution in [2.75, 3.05) is 16.9 Å². The molecule has 2 heterocycles. The molecule has 1 unspecified atom stereocenters. The van der Waals surface area contributed by atoms with Gasteiger partial charge in [-0.05, 0) is 36.4 Å². The van der Waals surface area contributed by atoms with Crippen molar-refractivity contribution in [3.05, 3.63) is 52.7 Å². The van der Waals surface area contributed by atoms with Crippen LogP contribution in [-0.4, -0.2) is 44.6 Å². The maximum absolute atomic E-state index is 12.7. The van der Waals surface area contributed by atoms with Gasteiger partial charge >= 0.3 is 0 Å². The van der Waals surface area contributed by atoms with Gasteiger partial charge in [-0.15, -0.1) is 16.9 Å². The van der Waals surface area contributed by atoms with Crippen molar-refractivity contribution in [2.24, 2.45) is 0 Å². The van der Waals surface area contributed by atoms with Gasteiger partial charge in [0.25, 0.3) is 5.91 Å². The number of benzene rings is 1. The number of thioether (sulfide) groups is 1. The Kier molecular flexibility index (Phi) is 5.72. The van der Waals surface area contributed by atoms with E-state index in [1.165, 1.54) is 0 Å². The van der Waals surface area contributed by atoms with Crippen LogP contribution in [0.3, 0.4) is 0 Å². The Balaban J connectivity index is 1.70. The lowest BCUT2D eigenvalue weighted by Gasteiger charge is -2.23. The summed E-state index contributed by atoms with van der Waals surface area (Å²) >= 11 is 7.42. The predicted molar refractivity (Wildman–Crippen MR) is 108 cm³/mol. The number of carbonyl (C=O) groups is 2. The molecule has 0 bridgehead atoms. The number of carbonyl (C=O) groups excluding carboxylic acids is 2. The highest BCUT2D eigenvalue weighted by atomic mass is 35.5. The smallest absolute Gasteiger partial charge is 0.255 e. The first-order valence-corrected chi connectivity index (χ1v) is 10.1. The molecule has 0 aliphatic carbocycles. The fourth-order valence-electron chi connectivity index (χ4n) is 2.63. The molecule has 1 aromatic carbocycles. The number of nitrogens with zero attached hydrogens (tertiary/aromatic N) is 3. The Hall–Kier alpha value is -2.12. The molecule has 1 N–H and O–H groups in total. The van der Waals surface area contributed by atoms with Gasteiger partial charge < -0.3 is 10.2 Å². The summed E-state index contributed by atoms with van der Waals surface area (Å²) in [6.45, 7) is 6.14. The zero-order chi connectivity index (χ0) is 19.6. The fourth-order valence-corrected chi connectivity index (χ4v) is 3.91. The molecule has 142 valence electrons. The standard InChI is InChI=1S/C19H21ClN4O2S/c1-19(2,3)15-8-9-16(23-22-15)21-17(25)14-10-27-11-24(14)18(26)12-4-6-13(20)7-5-12/h4-9,14H,10-11H2,1-3H3,(H,21,23,25). The lowest BCUT2D eigenvalue weighted by atomic mass is 9.92. The highest BCUT2D eigenvalue weighted by Crippen LogP contribution is 2.25. The summed E-state index contributed by atoms with van der Waals surface area (Å²) in [6.07, 6.45) is 0. The van der Waals surface area contributed by atoms with Crippen LogP contribution in [-0.2, 0) is 10.2 Å². The fraction of sp³-hybridized carbons (Fsp3) is 0.368. The summed E-state index contributed by atoms with van der Waals surface area (Å²) in [5.74, 6) is 0.933. The van der Waals surface area contributed by atoms with Gasteiger partial charge in [0.1, 0.15) is 6.04 Å². The molecule has 1 atom stereocenters. The summed E-state index contributed by atoms with van der Waals surface area (Å²) < 4.78 is 0. The first kappa shape index (κ1) is 19.6. The Morgan fingerprint density at radius 2 is 1.85 bits per heavy atom. The zero-order valence-electron chi connectivity index (χ0n) is 15.4. The first-order valence-electron chi connectivity index (χ1n) is 8.55. The minimum atomic E-state index is -0.553. The van der Waals surface area contributed by atoms with Crippen LogP contribution < -0.4 is 5.32 Å². The van der Waals surface area contributed by atoms with E-state index in [0.29, 0.717) is 28.0 Å². The predicted octanol–water partition coefficient (Wildman–Crippen LogP) is 3.58. The van der Waals surface area contributed by atoms with Gasteiger partial charge in [0.15, 0.2) is 5.82 Å². The number of anilines is 1. The molecular formula is C19H21ClN4O2S. The minimum Gasteiger partial charge on any atom is -0.317 e. The van der Waals surface area contributed by atoms with Crippen LogP contribution in [0.25, 0.3) is 0 Å². The zero-order valence-corrected chi connectivity index (χ0v) is 17.0. The van der Waals surface area contributed by atoms with Crippen molar-refractivity contribution in [2.45, 2.75) is 32.2 Å². The second kappa shape index (κ2) is 7.86. The summed E-state index contributed by atoms with van der Waals surface area (Å²) in [4.78, 5) is 27.0. The van der Waals surface area contributed by atoms with Crippen LogP contribution in [0.4, 0.5) is 5.82 Å². The van der Waals surface area contributed by atoms with Gasteiger partial charge in [0, 0.05) is 21.8 Å². The molecule has 0 saturated carbocycles. The molecular weight excluding hydrogens is 384 g/mol. The highest BCUT2D eigenvalue weighted by Gasteiger charge is 2.35. The molecule has 2 aromatic rings. The molecule has 8 heteroatoms. The van der Waals surface area contributed by atoms with E-state index >= 15 is 0 Å². The van der Waals surface area contributed by atoms with Crippen molar-refractivity contribution in [1.29, 1.82) is 0 Å². The molecule has 1 aliphatic heterocycles. The van der Waals surface area contributed by atoms with E-state index in [-0.39, 0.29) is 17.2 Å². The Labute approximate surface area is 167 Å². The molecule has 3 rings (SSSR count). The maximum atomic E-state index is 12.7. The van der Waals surface area contributed by atoms with Crippen molar-refractivity contribution in [3.8, 4) is 0 Å². The average molecular weight is 405 g/mol.